The Labute approximate surface area is 121 Å². The van der Waals surface area contributed by atoms with Crippen LogP contribution < -0.4 is 0 Å². The van der Waals surface area contributed by atoms with Crippen molar-refractivity contribution in [2.24, 2.45) is 5.41 Å². The highest BCUT2D eigenvalue weighted by Crippen LogP contribution is 2.20. The Hall–Kier alpha value is -0.680. The van der Waals surface area contributed by atoms with Crippen LogP contribution >= 0.6 is 0 Å². The van der Waals surface area contributed by atoms with Crippen LogP contribution in [0.5, 0.6) is 0 Å². The van der Waals surface area contributed by atoms with Crippen LogP contribution in [-0.2, 0) is 14.3 Å². The van der Waals surface area contributed by atoms with Gasteiger partial charge < -0.3 is 14.4 Å². The number of hydrogen-bond donors (Lipinski definition) is 0. The van der Waals surface area contributed by atoms with Gasteiger partial charge in [0.1, 0.15) is 6.67 Å². The van der Waals surface area contributed by atoms with Gasteiger partial charge in [0.25, 0.3) is 0 Å². The molecular weight excluding hydrogens is 261 g/mol. The summed E-state index contributed by atoms with van der Waals surface area (Å²) in [5.41, 5.74) is -0.0843. The molecule has 0 aliphatic carbocycles. The molecule has 0 aromatic heterocycles. The SMILES string of the molecule is CC(C)(C)CC(=O)N(CCF)CCOC1CCCCO1. The summed E-state index contributed by atoms with van der Waals surface area (Å²) in [6.07, 6.45) is 3.36. The van der Waals surface area contributed by atoms with E-state index < -0.39 is 6.67 Å². The minimum Gasteiger partial charge on any atom is -0.353 e. The lowest BCUT2D eigenvalue weighted by molar-refractivity contribution is -0.166. The van der Waals surface area contributed by atoms with Gasteiger partial charge in [0.05, 0.1) is 6.61 Å². The minimum absolute atomic E-state index is 0.0108. The number of carbonyl (C=O) groups is 1. The van der Waals surface area contributed by atoms with E-state index in [2.05, 4.69) is 0 Å². The average molecular weight is 289 g/mol. The van der Waals surface area contributed by atoms with Gasteiger partial charge in [-0.3, -0.25) is 4.79 Å². The maximum atomic E-state index is 12.6. The molecule has 0 saturated carbocycles. The molecule has 0 aromatic carbocycles. The molecule has 20 heavy (non-hydrogen) atoms. The van der Waals surface area contributed by atoms with Crippen molar-refractivity contribution in [1.82, 2.24) is 4.90 Å². The van der Waals surface area contributed by atoms with Gasteiger partial charge in [-0.25, -0.2) is 4.39 Å². The number of nitrogens with zero attached hydrogens (tertiary/aromatic N) is 1. The Kier molecular flexibility index (Phi) is 7.45. The highest BCUT2D eigenvalue weighted by Gasteiger charge is 2.21. The number of amides is 1. The smallest absolute Gasteiger partial charge is 0.223 e. The zero-order valence-electron chi connectivity index (χ0n) is 13.0. The largest absolute Gasteiger partial charge is 0.353 e. The molecule has 1 unspecified atom stereocenters. The van der Waals surface area contributed by atoms with Crippen LogP contribution in [0.2, 0.25) is 0 Å². The Morgan fingerprint density at radius 2 is 2.10 bits per heavy atom. The van der Waals surface area contributed by atoms with Crippen molar-refractivity contribution < 1.29 is 18.7 Å². The van der Waals surface area contributed by atoms with E-state index in [1.807, 2.05) is 20.8 Å². The third-order valence-electron chi connectivity index (χ3n) is 3.19. The summed E-state index contributed by atoms with van der Waals surface area (Å²) in [6.45, 7) is 7.21. The van der Waals surface area contributed by atoms with E-state index in [1.165, 1.54) is 0 Å². The van der Waals surface area contributed by atoms with Crippen LogP contribution in [-0.4, -0.2) is 50.1 Å². The number of alkyl halides is 1. The predicted molar refractivity (Wildman–Crippen MR) is 76.2 cm³/mol. The fourth-order valence-corrected chi connectivity index (χ4v) is 2.17. The van der Waals surface area contributed by atoms with Crippen molar-refractivity contribution in [2.45, 2.75) is 52.7 Å². The molecular formula is C15H28FNO3. The molecule has 1 aliphatic rings. The third kappa shape index (κ3) is 7.20. The van der Waals surface area contributed by atoms with Gasteiger partial charge in [-0.1, -0.05) is 20.8 Å². The number of hydrogen-bond acceptors (Lipinski definition) is 3. The first-order valence-electron chi connectivity index (χ1n) is 7.49. The van der Waals surface area contributed by atoms with E-state index in [1.54, 1.807) is 4.90 Å². The first-order chi connectivity index (χ1) is 9.42. The second-order valence-electron chi connectivity index (χ2n) is 6.47. The third-order valence-corrected chi connectivity index (χ3v) is 3.19. The van der Waals surface area contributed by atoms with Crippen molar-refractivity contribution in [2.75, 3.05) is 33.0 Å². The van der Waals surface area contributed by atoms with Gasteiger partial charge in [0.15, 0.2) is 6.29 Å². The van der Waals surface area contributed by atoms with Gasteiger partial charge >= 0.3 is 0 Å². The van der Waals surface area contributed by atoms with Crippen LogP contribution in [0.15, 0.2) is 0 Å². The van der Waals surface area contributed by atoms with Crippen LogP contribution in [0.4, 0.5) is 4.39 Å². The molecule has 118 valence electrons. The standard InChI is InChI=1S/C15H28FNO3/c1-15(2,3)12-13(18)17(8-7-16)9-11-20-14-6-4-5-10-19-14/h14H,4-12H2,1-3H3. The Balaban J connectivity index is 2.32. The molecule has 1 amide bonds. The quantitative estimate of drug-likeness (QED) is 0.723. The molecule has 0 spiro atoms. The maximum absolute atomic E-state index is 12.6. The number of rotatable bonds is 7. The second kappa shape index (κ2) is 8.57. The van der Waals surface area contributed by atoms with Gasteiger partial charge in [0, 0.05) is 26.1 Å². The fraction of sp³-hybridized carbons (Fsp3) is 0.933. The van der Waals surface area contributed by atoms with Gasteiger partial charge in [-0.15, -0.1) is 0 Å². The summed E-state index contributed by atoms with van der Waals surface area (Å²) in [5.74, 6) is -0.0108. The Morgan fingerprint density at radius 3 is 2.65 bits per heavy atom. The summed E-state index contributed by atoms with van der Waals surface area (Å²) >= 11 is 0. The van der Waals surface area contributed by atoms with E-state index in [0.29, 0.717) is 19.6 Å². The molecule has 1 atom stereocenters. The van der Waals surface area contributed by atoms with Crippen molar-refractivity contribution in [1.29, 1.82) is 0 Å². The molecule has 1 fully saturated rings. The highest BCUT2D eigenvalue weighted by atomic mass is 19.1. The van der Waals surface area contributed by atoms with Crippen LogP contribution in [0.25, 0.3) is 0 Å². The normalized spacial score (nSPS) is 19.9. The zero-order valence-corrected chi connectivity index (χ0v) is 13.0. The molecule has 4 nitrogen and oxygen atoms in total. The van der Waals surface area contributed by atoms with Crippen molar-refractivity contribution >= 4 is 5.91 Å². The number of ether oxygens (including phenoxy) is 2. The topological polar surface area (TPSA) is 38.8 Å². The molecule has 0 aromatic rings. The lowest BCUT2D eigenvalue weighted by atomic mass is 9.91. The van der Waals surface area contributed by atoms with E-state index in [4.69, 9.17) is 9.47 Å². The number of carbonyl (C=O) groups excluding carboxylic acids is 1. The fourth-order valence-electron chi connectivity index (χ4n) is 2.17. The molecule has 0 N–H and O–H groups in total. The lowest BCUT2D eigenvalue weighted by Crippen LogP contribution is -2.38. The summed E-state index contributed by atoms with van der Waals surface area (Å²) in [4.78, 5) is 13.7. The van der Waals surface area contributed by atoms with Crippen molar-refractivity contribution in [3.05, 3.63) is 0 Å². The summed E-state index contributed by atoms with van der Waals surface area (Å²) in [5, 5.41) is 0. The first-order valence-corrected chi connectivity index (χ1v) is 7.49. The maximum Gasteiger partial charge on any atom is 0.223 e. The second-order valence-corrected chi connectivity index (χ2v) is 6.47. The molecule has 1 aliphatic heterocycles. The summed E-state index contributed by atoms with van der Waals surface area (Å²) in [6, 6.07) is 0. The van der Waals surface area contributed by atoms with Crippen LogP contribution in [0, 0.1) is 5.41 Å². The van der Waals surface area contributed by atoms with E-state index in [9.17, 15) is 9.18 Å². The van der Waals surface area contributed by atoms with Gasteiger partial charge in [-0.05, 0) is 24.7 Å². The van der Waals surface area contributed by atoms with Crippen LogP contribution in [0.1, 0.15) is 46.5 Å². The van der Waals surface area contributed by atoms with Crippen LogP contribution in [0.3, 0.4) is 0 Å². The molecule has 1 saturated heterocycles. The van der Waals surface area contributed by atoms with Crippen molar-refractivity contribution in [3.63, 3.8) is 0 Å². The van der Waals surface area contributed by atoms with E-state index in [0.717, 1.165) is 25.9 Å². The first kappa shape index (κ1) is 17.4. The Bertz CT molecular complexity index is 285. The lowest BCUT2D eigenvalue weighted by Gasteiger charge is -2.27. The molecule has 1 rings (SSSR count). The van der Waals surface area contributed by atoms with Gasteiger partial charge in [-0.2, -0.15) is 0 Å². The summed E-state index contributed by atoms with van der Waals surface area (Å²) < 4.78 is 23.6. The van der Waals surface area contributed by atoms with Crippen molar-refractivity contribution in [3.8, 4) is 0 Å². The molecule has 0 radical (unpaired) electrons. The predicted octanol–water partition coefficient (Wildman–Crippen LogP) is 2.76. The molecule has 0 bridgehead atoms. The monoisotopic (exact) mass is 289 g/mol. The van der Waals surface area contributed by atoms with Gasteiger partial charge in [0.2, 0.25) is 5.91 Å². The molecule has 5 heteroatoms. The average Bonchev–Trinajstić information content (AvgIpc) is 2.37. The minimum atomic E-state index is -0.518. The molecule has 1 heterocycles. The van der Waals surface area contributed by atoms with E-state index >= 15 is 0 Å². The van der Waals surface area contributed by atoms with E-state index in [-0.39, 0.29) is 24.2 Å². The zero-order chi connectivity index (χ0) is 15.0. The number of halogens is 1. The Morgan fingerprint density at radius 1 is 1.35 bits per heavy atom. The summed E-state index contributed by atoms with van der Waals surface area (Å²) in [7, 11) is 0. The highest BCUT2D eigenvalue weighted by molar-refractivity contribution is 5.76.